The van der Waals surface area contributed by atoms with E-state index in [-0.39, 0.29) is 11.7 Å². The number of benzene rings is 2. The molecule has 6 nitrogen and oxygen atoms in total. The first kappa shape index (κ1) is 17.8. The maximum atomic E-state index is 12.8. The van der Waals surface area contributed by atoms with E-state index in [4.69, 9.17) is 16.3 Å². The smallest absolute Gasteiger partial charge is 0.252 e. The normalized spacial score (nSPS) is 16.1. The average Bonchev–Trinajstić information content (AvgIpc) is 3.16. The zero-order valence-corrected chi connectivity index (χ0v) is 16.4. The maximum Gasteiger partial charge on any atom is 0.252 e. The Balaban J connectivity index is 1.51. The lowest BCUT2D eigenvalue weighted by molar-refractivity contribution is 0.0962. The molecule has 1 aliphatic carbocycles. The van der Waals surface area contributed by atoms with E-state index in [1.54, 1.807) is 17.8 Å². The third kappa shape index (κ3) is 3.25. The molecular weight excluding hydrogens is 388 g/mol. The first-order chi connectivity index (χ1) is 14.1. The Bertz CT molecular complexity index is 1220. The van der Waals surface area contributed by atoms with E-state index in [2.05, 4.69) is 15.1 Å². The summed E-state index contributed by atoms with van der Waals surface area (Å²) in [6, 6.07) is 15.2. The van der Waals surface area contributed by atoms with Gasteiger partial charge in [0.15, 0.2) is 11.6 Å². The minimum absolute atomic E-state index is 0.0714. The fraction of sp³-hybridized carbons (Fsp3) is 0.182. The highest BCUT2D eigenvalue weighted by Gasteiger charge is 2.28. The van der Waals surface area contributed by atoms with Gasteiger partial charge in [0.1, 0.15) is 5.75 Å². The predicted molar refractivity (Wildman–Crippen MR) is 110 cm³/mol. The number of nitrogens with zero attached hydrogens (tertiary/aromatic N) is 4. The molecule has 7 heteroatoms. The molecule has 1 aliphatic rings. The van der Waals surface area contributed by atoms with Crippen LogP contribution in [-0.4, -0.2) is 32.5 Å². The lowest BCUT2D eigenvalue weighted by atomic mass is 9.82. The summed E-state index contributed by atoms with van der Waals surface area (Å²) in [7, 11) is 1.63. The zero-order chi connectivity index (χ0) is 20.0. The molecular formula is C22H17ClN4O2. The van der Waals surface area contributed by atoms with Crippen LogP contribution >= 0.6 is 11.6 Å². The minimum atomic E-state index is 0.0714. The fourth-order valence-corrected chi connectivity index (χ4v) is 3.84. The number of ketones is 1. The van der Waals surface area contributed by atoms with Crippen LogP contribution in [0.15, 0.2) is 54.7 Å². The number of carbonyl (C=O) groups excluding carboxylic acids is 1. The second-order valence-electron chi connectivity index (χ2n) is 7.09. The number of halogens is 1. The molecule has 0 bridgehead atoms. The number of ether oxygens (including phenoxy) is 1. The van der Waals surface area contributed by atoms with Gasteiger partial charge in [0, 0.05) is 23.2 Å². The Labute approximate surface area is 172 Å². The summed E-state index contributed by atoms with van der Waals surface area (Å²) in [6.45, 7) is 0. The van der Waals surface area contributed by atoms with Gasteiger partial charge in [-0.15, -0.1) is 5.10 Å². The number of rotatable bonds is 3. The Morgan fingerprint density at radius 3 is 2.52 bits per heavy atom. The average molecular weight is 405 g/mol. The van der Waals surface area contributed by atoms with Gasteiger partial charge in [0.05, 0.1) is 18.4 Å². The van der Waals surface area contributed by atoms with Crippen LogP contribution in [0.5, 0.6) is 5.75 Å². The molecule has 0 fully saturated rings. The van der Waals surface area contributed by atoms with Crippen LogP contribution in [0.2, 0.25) is 5.02 Å². The molecule has 2 aromatic heterocycles. The Hall–Kier alpha value is -3.25. The number of carbonyl (C=O) groups is 1. The van der Waals surface area contributed by atoms with Crippen molar-refractivity contribution >= 4 is 23.2 Å². The van der Waals surface area contributed by atoms with Gasteiger partial charge in [-0.1, -0.05) is 23.7 Å². The van der Waals surface area contributed by atoms with E-state index in [0.29, 0.717) is 35.0 Å². The molecule has 0 saturated heterocycles. The summed E-state index contributed by atoms with van der Waals surface area (Å²) >= 11 is 5.99. The minimum Gasteiger partial charge on any atom is -0.497 e. The Kier molecular flexibility index (Phi) is 4.28. The summed E-state index contributed by atoms with van der Waals surface area (Å²) in [4.78, 5) is 22.0. The molecule has 0 spiro atoms. The van der Waals surface area contributed by atoms with Crippen molar-refractivity contribution in [3.63, 3.8) is 0 Å². The first-order valence-corrected chi connectivity index (χ1v) is 9.68. The number of hydrogen-bond donors (Lipinski definition) is 0. The van der Waals surface area contributed by atoms with Gasteiger partial charge in [0.2, 0.25) is 0 Å². The van der Waals surface area contributed by atoms with Gasteiger partial charge in [-0.3, -0.25) is 4.79 Å². The molecule has 2 heterocycles. The number of Topliss-reactive ketones (excluding diaryl/α,β-unsaturated/α-hetero) is 1. The summed E-state index contributed by atoms with van der Waals surface area (Å²) in [5.41, 5.74) is 3.34. The quantitative estimate of drug-likeness (QED) is 0.507. The van der Waals surface area contributed by atoms with E-state index in [1.165, 1.54) is 0 Å². The van der Waals surface area contributed by atoms with Crippen LogP contribution in [0.4, 0.5) is 0 Å². The van der Waals surface area contributed by atoms with Crippen molar-refractivity contribution in [2.75, 3.05) is 7.11 Å². The number of hydrogen-bond acceptors (Lipinski definition) is 5. The molecule has 29 heavy (non-hydrogen) atoms. The zero-order valence-electron chi connectivity index (χ0n) is 15.7. The van der Waals surface area contributed by atoms with E-state index < -0.39 is 0 Å². The second-order valence-corrected chi connectivity index (χ2v) is 7.53. The van der Waals surface area contributed by atoms with Gasteiger partial charge in [-0.25, -0.2) is 9.50 Å². The SMILES string of the molecule is COc1ccc(-c2nc3nc4c(cn3n2)C(=O)C[C@H](c2ccc(Cl)cc2)C4)cc1. The fourth-order valence-electron chi connectivity index (χ4n) is 3.72. The van der Waals surface area contributed by atoms with Gasteiger partial charge < -0.3 is 4.74 Å². The van der Waals surface area contributed by atoms with Gasteiger partial charge in [-0.05, 0) is 54.3 Å². The molecule has 144 valence electrons. The number of fused-ring (bicyclic) bond motifs is 2. The lowest BCUT2D eigenvalue weighted by Crippen LogP contribution is -2.21. The van der Waals surface area contributed by atoms with E-state index in [9.17, 15) is 4.79 Å². The lowest BCUT2D eigenvalue weighted by Gasteiger charge is -2.23. The molecule has 0 saturated carbocycles. The van der Waals surface area contributed by atoms with Crippen LogP contribution in [-0.2, 0) is 6.42 Å². The first-order valence-electron chi connectivity index (χ1n) is 9.30. The largest absolute Gasteiger partial charge is 0.497 e. The van der Waals surface area contributed by atoms with E-state index in [1.807, 2.05) is 48.5 Å². The highest BCUT2D eigenvalue weighted by atomic mass is 35.5. The number of methoxy groups -OCH3 is 1. The van der Waals surface area contributed by atoms with E-state index in [0.717, 1.165) is 22.6 Å². The molecule has 5 rings (SSSR count). The van der Waals surface area contributed by atoms with Crippen LogP contribution in [0.25, 0.3) is 17.2 Å². The van der Waals surface area contributed by atoms with Gasteiger partial charge >= 0.3 is 0 Å². The topological polar surface area (TPSA) is 69.4 Å². The predicted octanol–water partition coefficient (Wildman–Crippen LogP) is 4.37. The molecule has 2 aromatic carbocycles. The van der Waals surface area contributed by atoms with Gasteiger partial charge in [0.25, 0.3) is 5.78 Å². The standard InChI is InChI=1S/C22H17ClN4O2/c1-29-17-8-4-14(5-9-17)21-25-22-24-19-10-15(13-2-6-16(23)7-3-13)11-20(28)18(19)12-27(22)26-21/h2-9,12,15H,10-11H2,1H3/t15-/m1/s1. The summed E-state index contributed by atoms with van der Waals surface area (Å²) < 4.78 is 6.78. The van der Waals surface area contributed by atoms with Crippen LogP contribution in [0, 0.1) is 0 Å². The summed E-state index contributed by atoms with van der Waals surface area (Å²) in [5, 5.41) is 5.19. The van der Waals surface area contributed by atoms with Crippen LogP contribution < -0.4 is 4.74 Å². The monoisotopic (exact) mass is 404 g/mol. The Morgan fingerprint density at radius 2 is 1.79 bits per heavy atom. The second kappa shape index (κ2) is 6.97. The summed E-state index contributed by atoms with van der Waals surface area (Å²) in [6.07, 6.45) is 2.88. The van der Waals surface area contributed by atoms with Crippen molar-refractivity contribution in [3.8, 4) is 17.1 Å². The van der Waals surface area contributed by atoms with Crippen molar-refractivity contribution in [1.29, 1.82) is 0 Å². The van der Waals surface area contributed by atoms with Crippen molar-refractivity contribution in [3.05, 3.63) is 76.6 Å². The molecule has 4 aromatic rings. The number of aromatic nitrogens is 4. The molecule has 0 amide bonds. The molecule has 0 aliphatic heterocycles. The molecule has 0 unspecified atom stereocenters. The summed E-state index contributed by atoms with van der Waals surface area (Å²) in [5.74, 6) is 1.97. The highest BCUT2D eigenvalue weighted by Crippen LogP contribution is 2.32. The van der Waals surface area contributed by atoms with Gasteiger partial charge in [-0.2, -0.15) is 4.98 Å². The van der Waals surface area contributed by atoms with E-state index >= 15 is 0 Å². The Morgan fingerprint density at radius 1 is 1.03 bits per heavy atom. The van der Waals surface area contributed by atoms with Crippen molar-refractivity contribution < 1.29 is 9.53 Å². The molecule has 0 N–H and O–H groups in total. The van der Waals surface area contributed by atoms with Crippen molar-refractivity contribution in [1.82, 2.24) is 19.6 Å². The van der Waals surface area contributed by atoms with Crippen LogP contribution in [0.3, 0.4) is 0 Å². The molecule has 1 atom stereocenters. The van der Waals surface area contributed by atoms with Crippen LogP contribution in [0.1, 0.15) is 34.0 Å². The third-order valence-corrected chi connectivity index (χ3v) is 5.52. The maximum absolute atomic E-state index is 12.8. The van der Waals surface area contributed by atoms with Crippen molar-refractivity contribution in [2.45, 2.75) is 18.8 Å². The van der Waals surface area contributed by atoms with Crippen molar-refractivity contribution in [2.24, 2.45) is 0 Å². The highest BCUT2D eigenvalue weighted by molar-refractivity contribution is 6.30. The third-order valence-electron chi connectivity index (χ3n) is 5.27. The molecule has 0 radical (unpaired) electrons.